The minimum Gasteiger partial charge on any atom is -0.334 e. The molecule has 0 aliphatic carbocycles. The molecule has 2 atom stereocenters. The molecule has 1 aliphatic rings. The fourth-order valence-electron chi connectivity index (χ4n) is 3.60. The fourth-order valence-corrected chi connectivity index (χ4v) is 3.60. The summed E-state index contributed by atoms with van der Waals surface area (Å²) in [7, 11) is 0. The Bertz CT molecular complexity index is 608. The van der Waals surface area contributed by atoms with Crippen LogP contribution in [0.4, 0.5) is 0 Å². The first kappa shape index (κ1) is 15.9. The monoisotopic (exact) mass is 308 g/mol. The average molecular weight is 308 g/mol. The summed E-state index contributed by atoms with van der Waals surface area (Å²) in [5.74, 6) is 1.00. The van der Waals surface area contributed by atoms with Gasteiger partial charge in [-0.1, -0.05) is 60.7 Å². The van der Waals surface area contributed by atoms with Crippen LogP contribution in [-0.2, 0) is 0 Å². The highest BCUT2D eigenvalue weighted by Gasteiger charge is 2.26. The lowest BCUT2D eigenvalue weighted by atomic mass is 9.99. The number of ketones is 1. The second-order valence-corrected chi connectivity index (χ2v) is 6.60. The van der Waals surface area contributed by atoms with E-state index in [1.165, 1.54) is 31.6 Å². The first-order valence-electron chi connectivity index (χ1n) is 8.79. The highest BCUT2D eigenvalue weighted by atomic mass is 16.1. The number of nitrogens with one attached hydrogen (secondary N) is 1. The minimum atomic E-state index is 0.282. The number of carbonyl (C=O) groups is 1. The second-order valence-electron chi connectivity index (χ2n) is 6.60. The van der Waals surface area contributed by atoms with E-state index in [0.717, 1.165) is 24.3 Å². The van der Waals surface area contributed by atoms with Gasteiger partial charge in [-0.3, -0.25) is 4.79 Å². The van der Waals surface area contributed by atoms with Gasteiger partial charge in [0, 0.05) is 24.3 Å². The number of quaternary nitrogens is 1. The van der Waals surface area contributed by atoms with Crippen molar-refractivity contribution < 1.29 is 9.69 Å². The predicted molar refractivity (Wildman–Crippen MR) is 94.0 cm³/mol. The lowest BCUT2D eigenvalue weighted by molar-refractivity contribution is -0.888. The maximum absolute atomic E-state index is 12.1. The van der Waals surface area contributed by atoms with Gasteiger partial charge < -0.3 is 4.90 Å². The number of likely N-dealkylation sites (tertiary alicyclic amines) is 1. The summed E-state index contributed by atoms with van der Waals surface area (Å²) in [6.45, 7) is 3.72. The molecule has 23 heavy (non-hydrogen) atoms. The van der Waals surface area contributed by atoms with E-state index in [2.05, 4.69) is 30.3 Å². The third kappa shape index (κ3) is 4.52. The highest BCUT2D eigenvalue weighted by Crippen LogP contribution is 2.19. The molecule has 0 aromatic heterocycles. The largest absolute Gasteiger partial charge is 0.334 e. The summed E-state index contributed by atoms with van der Waals surface area (Å²) in [4.78, 5) is 13.8. The number of hydrogen-bond acceptors (Lipinski definition) is 1. The summed E-state index contributed by atoms with van der Waals surface area (Å²) >= 11 is 0. The van der Waals surface area contributed by atoms with Crippen molar-refractivity contribution in [3.8, 4) is 0 Å². The van der Waals surface area contributed by atoms with Crippen LogP contribution in [0.25, 0.3) is 0 Å². The molecule has 2 aromatic carbocycles. The van der Waals surface area contributed by atoms with Crippen molar-refractivity contribution in [3.05, 3.63) is 71.8 Å². The van der Waals surface area contributed by atoms with Crippen molar-refractivity contribution >= 4 is 5.78 Å². The first-order chi connectivity index (χ1) is 11.3. The van der Waals surface area contributed by atoms with Crippen LogP contribution in [0.3, 0.4) is 0 Å². The van der Waals surface area contributed by atoms with Crippen LogP contribution in [0.1, 0.15) is 47.5 Å². The highest BCUT2D eigenvalue weighted by molar-refractivity contribution is 5.95. The van der Waals surface area contributed by atoms with Crippen LogP contribution in [-0.4, -0.2) is 25.4 Å². The summed E-state index contributed by atoms with van der Waals surface area (Å²) in [6, 6.07) is 20.5. The molecule has 0 radical (unpaired) electrons. The molecule has 0 saturated carbocycles. The molecule has 120 valence electrons. The summed E-state index contributed by atoms with van der Waals surface area (Å²) in [6.07, 6.45) is 4.13. The Morgan fingerprint density at radius 3 is 2.39 bits per heavy atom. The van der Waals surface area contributed by atoms with Crippen LogP contribution in [0, 0.1) is 0 Å². The Morgan fingerprint density at radius 1 is 0.957 bits per heavy atom. The van der Waals surface area contributed by atoms with E-state index >= 15 is 0 Å². The van der Waals surface area contributed by atoms with Crippen molar-refractivity contribution in [3.63, 3.8) is 0 Å². The summed E-state index contributed by atoms with van der Waals surface area (Å²) in [5, 5.41) is 0. The Balaban J connectivity index is 1.36. The van der Waals surface area contributed by atoms with Crippen molar-refractivity contribution in [1.29, 1.82) is 0 Å². The third-order valence-electron chi connectivity index (χ3n) is 4.93. The number of rotatable bonds is 7. The van der Waals surface area contributed by atoms with E-state index in [9.17, 15) is 4.79 Å². The van der Waals surface area contributed by atoms with Gasteiger partial charge in [-0.05, 0) is 18.4 Å². The third-order valence-corrected chi connectivity index (χ3v) is 4.93. The van der Waals surface area contributed by atoms with Gasteiger partial charge in [-0.25, -0.2) is 0 Å². The molecule has 2 unspecified atom stereocenters. The molecule has 2 heteroatoms. The molecule has 3 rings (SSSR count). The Labute approximate surface area is 139 Å². The second kappa shape index (κ2) is 8.07. The zero-order chi connectivity index (χ0) is 15.9. The van der Waals surface area contributed by atoms with Crippen LogP contribution in [0.5, 0.6) is 0 Å². The predicted octanol–water partition coefficient (Wildman–Crippen LogP) is 3.11. The number of unbranched alkanes of at least 4 members (excludes halogenated alkanes) is 1. The van der Waals surface area contributed by atoms with Gasteiger partial charge in [-0.2, -0.15) is 0 Å². The van der Waals surface area contributed by atoms with Gasteiger partial charge in [0.1, 0.15) is 0 Å². The molecule has 2 nitrogen and oxygen atoms in total. The van der Waals surface area contributed by atoms with E-state index in [-0.39, 0.29) is 5.78 Å². The van der Waals surface area contributed by atoms with Crippen LogP contribution < -0.4 is 4.90 Å². The van der Waals surface area contributed by atoms with Gasteiger partial charge >= 0.3 is 0 Å². The minimum absolute atomic E-state index is 0.282. The number of benzene rings is 2. The molecule has 0 amide bonds. The molecule has 0 spiro atoms. The molecule has 1 N–H and O–H groups in total. The van der Waals surface area contributed by atoms with Gasteiger partial charge in [-0.15, -0.1) is 0 Å². The normalized spacial score (nSPS) is 20.5. The number of hydrogen-bond donors (Lipinski definition) is 1. The number of Topliss-reactive ketones (excluding diaryl/α,β-unsaturated/α-hetero) is 1. The molecule has 0 bridgehead atoms. The lowest BCUT2D eigenvalue weighted by Crippen LogP contribution is -3.10. The topological polar surface area (TPSA) is 21.5 Å². The fraction of sp³-hybridized carbons (Fsp3) is 0.381. The molecular formula is C21H26NO+. The van der Waals surface area contributed by atoms with E-state index in [1.54, 1.807) is 4.90 Å². The molecule has 1 fully saturated rings. The van der Waals surface area contributed by atoms with Gasteiger partial charge in [0.15, 0.2) is 5.78 Å². The maximum Gasteiger partial charge on any atom is 0.162 e. The Morgan fingerprint density at radius 2 is 1.65 bits per heavy atom. The van der Waals surface area contributed by atoms with E-state index in [4.69, 9.17) is 0 Å². The van der Waals surface area contributed by atoms with Gasteiger partial charge in [0.2, 0.25) is 0 Å². The molecular weight excluding hydrogens is 282 g/mol. The van der Waals surface area contributed by atoms with Crippen LogP contribution >= 0.6 is 0 Å². The van der Waals surface area contributed by atoms with E-state index in [0.29, 0.717) is 6.42 Å². The van der Waals surface area contributed by atoms with E-state index in [1.807, 2.05) is 30.3 Å². The molecule has 2 aromatic rings. The van der Waals surface area contributed by atoms with Crippen molar-refractivity contribution in [2.75, 3.05) is 19.6 Å². The zero-order valence-electron chi connectivity index (χ0n) is 13.7. The first-order valence-corrected chi connectivity index (χ1v) is 8.79. The van der Waals surface area contributed by atoms with Crippen LogP contribution in [0.2, 0.25) is 0 Å². The quantitative estimate of drug-likeness (QED) is 0.616. The van der Waals surface area contributed by atoms with Gasteiger partial charge in [0.25, 0.3) is 0 Å². The molecule has 1 aliphatic heterocycles. The number of carbonyl (C=O) groups excluding carboxylic acids is 1. The van der Waals surface area contributed by atoms with Crippen molar-refractivity contribution in [1.82, 2.24) is 0 Å². The smallest absolute Gasteiger partial charge is 0.162 e. The van der Waals surface area contributed by atoms with Crippen LogP contribution in [0.15, 0.2) is 60.7 Å². The van der Waals surface area contributed by atoms with Gasteiger partial charge in [0.05, 0.1) is 19.6 Å². The Kier molecular flexibility index (Phi) is 5.60. The molecule has 1 heterocycles. The lowest BCUT2D eigenvalue weighted by Gasteiger charge is -2.13. The van der Waals surface area contributed by atoms with Crippen molar-refractivity contribution in [2.45, 2.75) is 31.6 Å². The zero-order valence-corrected chi connectivity index (χ0v) is 13.7. The van der Waals surface area contributed by atoms with E-state index < -0.39 is 0 Å². The maximum atomic E-state index is 12.1. The summed E-state index contributed by atoms with van der Waals surface area (Å²) < 4.78 is 0. The summed E-state index contributed by atoms with van der Waals surface area (Å²) in [5.41, 5.74) is 2.34. The molecule has 1 saturated heterocycles. The SMILES string of the molecule is O=C(CCCC[NH+]1CCC(c2ccccc2)C1)c1ccccc1. The standard InChI is InChI=1S/C21H25NO/c23-21(19-11-5-2-6-12-19)13-7-8-15-22-16-14-20(17-22)18-9-3-1-4-10-18/h1-6,9-12,20H,7-8,13-17H2/p+1. The Hall–Kier alpha value is -1.93. The van der Waals surface area contributed by atoms with Crippen molar-refractivity contribution in [2.24, 2.45) is 0 Å². The average Bonchev–Trinajstić information content (AvgIpc) is 3.09.